The molecule has 0 fully saturated rings. The summed E-state index contributed by atoms with van der Waals surface area (Å²) in [5.41, 5.74) is 0.828. The molecule has 0 spiro atoms. The number of hydrogen-bond acceptors (Lipinski definition) is 6. The molecule has 0 amide bonds. The lowest BCUT2D eigenvalue weighted by atomic mass is 10.4. The highest BCUT2D eigenvalue weighted by molar-refractivity contribution is 5.29. The summed E-state index contributed by atoms with van der Waals surface area (Å²) < 4.78 is 15.7. The van der Waals surface area contributed by atoms with Gasteiger partial charge in [0.05, 0.1) is 37.9 Å². The standard InChI is InChI=1S/C12H21N3O3/c1-13-12-9-14-11(8-15-12)10-18-5-3-4-17-7-6-16-2/h8-9H,3-7,10H2,1-2H3,(H,13,15). The Morgan fingerprint density at radius 3 is 2.56 bits per heavy atom. The van der Waals surface area contributed by atoms with Gasteiger partial charge in [-0.1, -0.05) is 0 Å². The van der Waals surface area contributed by atoms with Gasteiger partial charge in [0.1, 0.15) is 5.82 Å². The minimum Gasteiger partial charge on any atom is -0.382 e. The average Bonchev–Trinajstić information content (AvgIpc) is 2.42. The van der Waals surface area contributed by atoms with E-state index in [1.807, 2.05) is 7.05 Å². The van der Waals surface area contributed by atoms with Gasteiger partial charge in [-0.05, 0) is 6.42 Å². The number of nitrogens with one attached hydrogen (secondary N) is 1. The molecule has 0 saturated heterocycles. The van der Waals surface area contributed by atoms with Crippen LogP contribution in [0.4, 0.5) is 5.82 Å². The molecule has 1 N–H and O–H groups in total. The maximum Gasteiger partial charge on any atom is 0.144 e. The van der Waals surface area contributed by atoms with Gasteiger partial charge in [-0.15, -0.1) is 0 Å². The van der Waals surface area contributed by atoms with Gasteiger partial charge in [-0.3, -0.25) is 4.98 Å². The Labute approximate surface area is 108 Å². The SMILES string of the molecule is CNc1cnc(COCCCOCCOC)cn1. The number of anilines is 1. The zero-order chi connectivity index (χ0) is 13.1. The van der Waals surface area contributed by atoms with Crippen molar-refractivity contribution in [2.75, 3.05) is 45.9 Å². The van der Waals surface area contributed by atoms with Crippen molar-refractivity contribution in [1.29, 1.82) is 0 Å². The predicted octanol–water partition coefficient (Wildman–Crippen LogP) is 1.09. The summed E-state index contributed by atoms with van der Waals surface area (Å²) in [5, 5.41) is 2.91. The van der Waals surface area contributed by atoms with Gasteiger partial charge in [0.25, 0.3) is 0 Å². The quantitative estimate of drug-likeness (QED) is 0.631. The second-order valence-electron chi connectivity index (χ2n) is 3.65. The Morgan fingerprint density at radius 2 is 1.89 bits per heavy atom. The minimum absolute atomic E-state index is 0.481. The lowest BCUT2D eigenvalue weighted by Gasteiger charge is -2.05. The van der Waals surface area contributed by atoms with E-state index in [0.717, 1.165) is 17.9 Å². The molecule has 0 aliphatic carbocycles. The number of rotatable bonds is 10. The van der Waals surface area contributed by atoms with Crippen LogP contribution in [0.15, 0.2) is 12.4 Å². The maximum absolute atomic E-state index is 5.47. The second-order valence-corrected chi connectivity index (χ2v) is 3.65. The van der Waals surface area contributed by atoms with Crippen molar-refractivity contribution in [1.82, 2.24) is 9.97 Å². The molecule has 0 unspecified atom stereocenters. The largest absolute Gasteiger partial charge is 0.382 e. The van der Waals surface area contributed by atoms with Crippen LogP contribution in [0.25, 0.3) is 0 Å². The summed E-state index contributed by atoms with van der Waals surface area (Å²) in [6, 6.07) is 0. The summed E-state index contributed by atoms with van der Waals surface area (Å²) in [5.74, 6) is 0.755. The molecule has 1 rings (SSSR count). The Morgan fingerprint density at radius 1 is 1.06 bits per heavy atom. The molecule has 1 heterocycles. The van der Waals surface area contributed by atoms with E-state index in [2.05, 4.69) is 15.3 Å². The van der Waals surface area contributed by atoms with E-state index in [0.29, 0.717) is 33.0 Å². The van der Waals surface area contributed by atoms with E-state index in [-0.39, 0.29) is 0 Å². The van der Waals surface area contributed by atoms with Gasteiger partial charge in [0.15, 0.2) is 0 Å². The van der Waals surface area contributed by atoms with Crippen LogP contribution < -0.4 is 5.32 Å². The highest BCUT2D eigenvalue weighted by Gasteiger charge is 1.97. The van der Waals surface area contributed by atoms with E-state index in [1.165, 1.54) is 0 Å². The Balaban J connectivity index is 2.00. The third kappa shape index (κ3) is 6.48. The van der Waals surface area contributed by atoms with Crippen LogP contribution in [0.1, 0.15) is 12.1 Å². The van der Waals surface area contributed by atoms with Gasteiger partial charge in [0, 0.05) is 27.4 Å². The van der Waals surface area contributed by atoms with Crippen LogP contribution in [0.2, 0.25) is 0 Å². The third-order valence-electron chi connectivity index (χ3n) is 2.22. The molecule has 0 aliphatic rings. The van der Waals surface area contributed by atoms with Crippen molar-refractivity contribution in [3.63, 3.8) is 0 Å². The van der Waals surface area contributed by atoms with Gasteiger partial charge >= 0.3 is 0 Å². The first-order valence-electron chi connectivity index (χ1n) is 6.00. The van der Waals surface area contributed by atoms with Crippen molar-refractivity contribution in [3.8, 4) is 0 Å². The summed E-state index contributed by atoms with van der Waals surface area (Å²) >= 11 is 0. The molecule has 1 aromatic heterocycles. The molecule has 1 aromatic rings. The van der Waals surface area contributed by atoms with Crippen molar-refractivity contribution in [2.45, 2.75) is 13.0 Å². The van der Waals surface area contributed by atoms with E-state index in [9.17, 15) is 0 Å². The summed E-state index contributed by atoms with van der Waals surface area (Å²) in [4.78, 5) is 8.36. The van der Waals surface area contributed by atoms with E-state index in [4.69, 9.17) is 14.2 Å². The molecule has 18 heavy (non-hydrogen) atoms. The third-order valence-corrected chi connectivity index (χ3v) is 2.22. The maximum atomic E-state index is 5.47. The van der Waals surface area contributed by atoms with Gasteiger partial charge in [-0.2, -0.15) is 0 Å². The molecule has 0 bridgehead atoms. The van der Waals surface area contributed by atoms with E-state index < -0.39 is 0 Å². The van der Waals surface area contributed by atoms with Crippen molar-refractivity contribution < 1.29 is 14.2 Å². The molecule has 6 nitrogen and oxygen atoms in total. The number of aromatic nitrogens is 2. The predicted molar refractivity (Wildman–Crippen MR) is 68.5 cm³/mol. The molecular weight excluding hydrogens is 234 g/mol. The van der Waals surface area contributed by atoms with Gasteiger partial charge in [-0.25, -0.2) is 4.98 Å². The number of ether oxygens (including phenoxy) is 3. The molecule has 0 radical (unpaired) electrons. The molecule has 0 saturated carbocycles. The Kier molecular flexibility index (Phi) is 8.03. The summed E-state index contributed by atoms with van der Waals surface area (Å²) in [6.45, 7) is 3.09. The second kappa shape index (κ2) is 9.76. The lowest BCUT2D eigenvalue weighted by molar-refractivity contribution is 0.0478. The summed E-state index contributed by atoms with van der Waals surface area (Å²) in [6.07, 6.45) is 4.26. The molecule has 6 heteroatoms. The highest BCUT2D eigenvalue weighted by atomic mass is 16.5. The van der Waals surface area contributed by atoms with Crippen molar-refractivity contribution >= 4 is 5.82 Å². The summed E-state index contributed by atoms with van der Waals surface area (Å²) in [7, 11) is 3.47. The highest BCUT2D eigenvalue weighted by Crippen LogP contribution is 2.01. The van der Waals surface area contributed by atoms with E-state index >= 15 is 0 Å². The van der Waals surface area contributed by atoms with Crippen molar-refractivity contribution in [3.05, 3.63) is 18.1 Å². The van der Waals surface area contributed by atoms with E-state index in [1.54, 1.807) is 19.5 Å². The Hall–Kier alpha value is -1.24. The first-order chi connectivity index (χ1) is 8.86. The first-order valence-corrected chi connectivity index (χ1v) is 6.00. The molecule has 0 aromatic carbocycles. The van der Waals surface area contributed by atoms with Crippen molar-refractivity contribution in [2.24, 2.45) is 0 Å². The first kappa shape index (κ1) is 14.8. The van der Waals surface area contributed by atoms with Crippen LogP contribution in [-0.2, 0) is 20.8 Å². The normalized spacial score (nSPS) is 10.6. The lowest BCUT2D eigenvalue weighted by Crippen LogP contribution is -2.06. The molecular formula is C12H21N3O3. The number of methoxy groups -OCH3 is 1. The molecule has 102 valence electrons. The molecule has 0 atom stereocenters. The van der Waals surface area contributed by atoms with Crippen LogP contribution >= 0.6 is 0 Å². The van der Waals surface area contributed by atoms with Crippen LogP contribution in [0.3, 0.4) is 0 Å². The van der Waals surface area contributed by atoms with Crippen LogP contribution in [0, 0.1) is 0 Å². The molecule has 0 aliphatic heterocycles. The fourth-order valence-electron chi connectivity index (χ4n) is 1.24. The zero-order valence-electron chi connectivity index (χ0n) is 11.0. The van der Waals surface area contributed by atoms with Gasteiger partial charge < -0.3 is 19.5 Å². The van der Waals surface area contributed by atoms with Gasteiger partial charge in [0.2, 0.25) is 0 Å². The average molecular weight is 255 g/mol. The zero-order valence-corrected chi connectivity index (χ0v) is 11.0. The van der Waals surface area contributed by atoms with Crippen LogP contribution in [-0.4, -0.2) is 50.6 Å². The van der Waals surface area contributed by atoms with Crippen LogP contribution in [0.5, 0.6) is 0 Å². The smallest absolute Gasteiger partial charge is 0.144 e. The fraction of sp³-hybridized carbons (Fsp3) is 0.667. The fourth-order valence-corrected chi connectivity index (χ4v) is 1.24. The number of hydrogen-bond donors (Lipinski definition) is 1. The Bertz CT molecular complexity index is 306. The number of nitrogens with zero attached hydrogens (tertiary/aromatic N) is 2. The monoisotopic (exact) mass is 255 g/mol. The minimum atomic E-state index is 0.481. The topological polar surface area (TPSA) is 65.5 Å².